The zero-order chi connectivity index (χ0) is 22.0. The number of rotatable bonds is 13. The molecule has 0 amide bonds. The Morgan fingerprint density at radius 2 is 1.47 bits per heavy atom. The lowest BCUT2D eigenvalue weighted by molar-refractivity contribution is 0.0746. The number of ketones is 1. The van der Waals surface area contributed by atoms with E-state index in [0.717, 1.165) is 31.2 Å². The number of aliphatic hydroxyl groups excluding tert-OH is 2. The molecule has 0 fully saturated rings. The van der Waals surface area contributed by atoms with Crippen LogP contribution in [0.2, 0.25) is 0 Å². The fourth-order valence-electron chi connectivity index (χ4n) is 3.46. The van der Waals surface area contributed by atoms with Crippen molar-refractivity contribution in [1.82, 2.24) is 0 Å². The summed E-state index contributed by atoms with van der Waals surface area (Å²) in [6.07, 6.45) is 3.87. The second-order valence-electron chi connectivity index (χ2n) is 7.46. The lowest BCUT2D eigenvalue weighted by Gasteiger charge is -2.13. The second-order valence-corrected chi connectivity index (χ2v) is 9.16. The molecule has 164 valence electrons. The van der Waals surface area contributed by atoms with Gasteiger partial charge in [0.2, 0.25) is 0 Å². The summed E-state index contributed by atoms with van der Waals surface area (Å²) < 4.78 is 31.1. The van der Waals surface area contributed by atoms with E-state index in [4.69, 9.17) is 9.66 Å². The summed E-state index contributed by atoms with van der Waals surface area (Å²) in [4.78, 5) is 12.8. The Kier molecular flexibility index (Phi) is 9.65. The molecule has 0 saturated carbocycles. The fraction of sp³-hybridized carbons (Fsp3) is 0.435. The third-order valence-electron chi connectivity index (χ3n) is 5.24. The highest BCUT2D eigenvalue weighted by Gasteiger charge is 2.22. The highest BCUT2D eigenvalue weighted by atomic mass is 32.2. The molecule has 2 unspecified atom stereocenters. The number of hydrogen-bond donors (Lipinski definition) is 3. The van der Waals surface area contributed by atoms with Gasteiger partial charge in [-0.2, -0.15) is 8.42 Å². The number of unbranched alkanes of at least 4 members (excludes halogenated alkanes) is 4. The summed E-state index contributed by atoms with van der Waals surface area (Å²) in [5.41, 5.74) is 2.01. The molecule has 0 aliphatic rings. The van der Waals surface area contributed by atoms with Crippen molar-refractivity contribution in [3.63, 3.8) is 0 Å². The summed E-state index contributed by atoms with van der Waals surface area (Å²) in [5.74, 6) is -0.308. The molecular formula is C23H30O6S. The second kappa shape index (κ2) is 12.0. The van der Waals surface area contributed by atoms with Gasteiger partial charge in [0.1, 0.15) is 11.4 Å². The molecule has 0 bridgehead atoms. The van der Waals surface area contributed by atoms with Crippen molar-refractivity contribution in [2.45, 2.75) is 56.3 Å². The lowest BCUT2D eigenvalue weighted by atomic mass is 9.93. The average molecular weight is 435 g/mol. The van der Waals surface area contributed by atoms with Crippen LogP contribution in [0, 0.1) is 0 Å². The van der Waals surface area contributed by atoms with Crippen LogP contribution in [0.3, 0.4) is 0 Å². The number of carbonyl (C=O) groups excluding carboxylic acids is 1. The zero-order valence-corrected chi connectivity index (χ0v) is 17.8. The smallest absolute Gasteiger partial charge is 0.270 e. The van der Waals surface area contributed by atoms with Crippen LogP contribution in [0.5, 0.6) is 0 Å². The summed E-state index contributed by atoms with van der Waals surface area (Å²) in [5, 5.41) is 18.4. The minimum absolute atomic E-state index is 0.240. The number of Topliss-reactive ketones (excluding diaryl/α,β-unsaturated/α-hetero) is 1. The topological polar surface area (TPSA) is 112 Å². The van der Waals surface area contributed by atoms with Crippen molar-refractivity contribution in [2.24, 2.45) is 0 Å². The molecule has 0 saturated heterocycles. The fourth-order valence-corrected chi connectivity index (χ4v) is 4.12. The molecule has 0 heterocycles. The third kappa shape index (κ3) is 7.32. The van der Waals surface area contributed by atoms with E-state index in [9.17, 15) is 18.3 Å². The minimum atomic E-state index is -4.19. The Bertz CT molecular complexity index is 895. The van der Waals surface area contributed by atoms with E-state index < -0.39 is 28.1 Å². The molecule has 2 aromatic rings. The van der Waals surface area contributed by atoms with Crippen molar-refractivity contribution in [3.05, 3.63) is 71.3 Å². The Labute approximate surface area is 178 Å². The van der Waals surface area contributed by atoms with Gasteiger partial charge in [0.25, 0.3) is 10.1 Å². The van der Waals surface area contributed by atoms with E-state index in [-0.39, 0.29) is 12.2 Å². The predicted molar refractivity (Wildman–Crippen MR) is 116 cm³/mol. The van der Waals surface area contributed by atoms with E-state index >= 15 is 0 Å². The minimum Gasteiger partial charge on any atom is -0.395 e. The van der Waals surface area contributed by atoms with E-state index in [0.29, 0.717) is 24.0 Å². The molecule has 0 spiro atoms. The first kappa shape index (κ1) is 24.2. The first-order valence-corrected chi connectivity index (χ1v) is 11.8. The normalized spacial score (nSPS) is 13.7. The van der Waals surface area contributed by atoms with E-state index in [2.05, 4.69) is 0 Å². The van der Waals surface area contributed by atoms with Gasteiger partial charge in [-0.25, -0.2) is 0 Å². The van der Waals surface area contributed by atoms with Crippen LogP contribution in [0.25, 0.3) is 0 Å². The summed E-state index contributed by atoms with van der Waals surface area (Å²) >= 11 is 0. The molecule has 7 heteroatoms. The van der Waals surface area contributed by atoms with Crippen molar-refractivity contribution in [2.75, 3.05) is 6.61 Å². The van der Waals surface area contributed by atoms with Crippen molar-refractivity contribution >= 4 is 15.9 Å². The van der Waals surface area contributed by atoms with Crippen molar-refractivity contribution < 1.29 is 28.0 Å². The average Bonchev–Trinajstić information content (AvgIpc) is 2.74. The molecular weight excluding hydrogens is 404 g/mol. The molecule has 6 nitrogen and oxygen atoms in total. The Hall–Kier alpha value is -2.06. The highest BCUT2D eigenvalue weighted by molar-refractivity contribution is 7.86. The van der Waals surface area contributed by atoms with Gasteiger partial charge in [-0.15, -0.1) is 0 Å². The van der Waals surface area contributed by atoms with E-state index in [1.54, 1.807) is 36.4 Å². The van der Waals surface area contributed by atoms with Crippen LogP contribution in [-0.2, 0) is 16.5 Å². The third-order valence-corrected chi connectivity index (χ3v) is 6.47. The quantitative estimate of drug-likeness (QED) is 0.252. The number of carbonyl (C=O) groups is 1. The van der Waals surface area contributed by atoms with Gasteiger partial charge >= 0.3 is 0 Å². The van der Waals surface area contributed by atoms with Crippen molar-refractivity contribution in [3.8, 4) is 0 Å². The van der Waals surface area contributed by atoms with Gasteiger partial charge in [0, 0.05) is 5.56 Å². The molecule has 2 aromatic carbocycles. The zero-order valence-electron chi connectivity index (χ0n) is 17.0. The molecule has 0 aliphatic heterocycles. The van der Waals surface area contributed by atoms with Crippen LogP contribution < -0.4 is 0 Å². The Morgan fingerprint density at radius 1 is 0.867 bits per heavy atom. The standard InChI is InChI=1S/C23H30O6S/c24-17-20(30(27,28)29)15-8-3-1-2-5-11-18-12-9-10-16-21(18)23(26)22(25)19-13-6-4-7-14-19/h4,6-7,9-10,12-14,16,20,22,24-25H,1-3,5,8,11,15,17H2,(H,27,28,29). The van der Waals surface area contributed by atoms with Crippen molar-refractivity contribution in [1.29, 1.82) is 0 Å². The molecule has 30 heavy (non-hydrogen) atoms. The van der Waals surface area contributed by atoms with Crippen LogP contribution >= 0.6 is 0 Å². The van der Waals surface area contributed by atoms with E-state index in [1.165, 1.54) is 0 Å². The number of aliphatic hydroxyl groups is 2. The number of benzene rings is 2. The molecule has 2 rings (SSSR count). The SMILES string of the molecule is O=C(c1ccccc1CCCCCCCC(CO)S(=O)(=O)O)C(O)c1ccccc1. The maximum absolute atomic E-state index is 12.8. The molecule has 0 aliphatic carbocycles. The molecule has 0 radical (unpaired) electrons. The van der Waals surface area contributed by atoms with Crippen LogP contribution in [0.1, 0.15) is 66.1 Å². The van der Waals surface area contributed by atoms with Gasteiger partial charge < -0.3 is 10.2 Å². The van der Waals surface area contributed by atoms with E-state index in [1.807, 2.05) is 18.2 Å². The summed E-state index contributed by atoms with van der Waals surface area (Å²) in [6, 6.07) is 16.2. The van der Waals surface area contributed by atoms with Gasteiger partial charge in [-0.05, 0) is 30.4 Å². The maximum atomic E-state index is 12.8. The van der Waals surface area contributed by atoms with Gasteiger partial charge in [0.05, 0.1) is 6.61 Å². The summed E-state index contributed by atoms with van der Waals surface area (Å²) in [6.45, 7) is -0.571. The Balaban J connectivity index is 1.81. The highest BCUT2D eigenvalue weighted by Crippen LogP contribution is 2.22. The van der Waals surface area contributed by atoms with Crippen LogP contribution in [-0.4, -0.2) is 40.8 Å². The Morgan fingerprint density at radius 3 is 2.13 bits per heavy atom. The first-order valence-electron chi connectivity index (χ1n) is 10.3. The largest absolute Gasteiger partial charge is 0.395 e. The summed E-state index contributed by atoms with van der Waals surface area (Å²) in [7, 11) is -4.19. The van der Waals surface area contributed by atoms with Gasteiger partial charge in [0.15, 0.2) is 5.78 Å². The molecule has 2 atom stereocenters. The lowest BCUT2D eigenvalue weighted by Crippen LogP contribution is -2.24. The maximum Gasteiger partial charge on any atom is 0.270 e. The van der Waals surface area contributed by atoms with Crippen LogP contribution in [0.15, 0.2) is 54.6 Å². The van der Waals surface area contributed by atoms with Gasteiger partial charge in [-0.1, -0.05) is 80.3 Å². The number of aryl methyl sites for hydroxylation is 1. The monoisotopic (exact) mass is 434 g/mol. The molecule has 3 N–H and O–H groups in total. The van der Waals surface area contributed by atoms with Gasteiger partial charge in [-0.3, -0.25) is 9.35 Å². The first-order chi connectivity index (χ1) is 14.3. The predicted octanol–water partition coefficient (Wildman–Crippen LogP) is 3.73. The number of hydrogen-bond acceptors (Lipinski definition) is 5. The molecule has 0 aromatic heterocycles. The van der Waals surface area contributed by atoms with Crippen LogP contribution in [0.4, 0.5) is 0 Å².